The maximum atomic E-state index is 12.2. The van der Waals surface area contributed by atoms with Crippen molar-refractivity contribution in [3.63, 3.8) is 0 Å². The normalized spacial score (nSPS) is 17.4. The summed E-state index contributed by atoms with van der Waals surface area (Å²) < 4.78 is 0. The molecule has 1 heterocycles. The van der Waals surface area contributed by atoms with Gasteiger partial charge in [-0.05, 0) is 18.4 Å². The van der Waals surface area contributed by atoms with Crippen molar-refractivity contribution < 1.29 is 4.79 Å². The van der Waals surface area contributed by atoms with Crippen molar-refractivity contribution in [3.05, 3.63) is 35.9 Å². The van der Waals surface area contributed by atoms with Crippen LogP contribution in [0.5, 0.6) is 0 Å². The van der Waals surface area contributed by atoms with Crippen LogP contribution in [0.3, 0.4) is 0 Å². The molecule has 1 aromatic rings. The van der Waals surface area contributed by atoms with E-state index in [-0.39, 0.29) is 5.91 Å². The highest BCUT2D eigenvalue weighted by atomic mass is 16.2. The Morgan fingerprint density at radius 1 is 1.32 bits per heavy atom. The van der Waals surface area contributed by atoms with Crippen LogP contribution in [-0.2, 0) is 11.3 Å². The maximum absolute atomic E-state index is 12.2. The van der Waals surface area contributed by atoms with Gasteiger partial charge in [-0.25, -0.2) is 0 Å². The van der Waals surface area contributed by atoms with Gasteiger partial charge >= 0.3 is 0 Å². The summed E-state index contributed by atoms with van der Waals surface area (Å²) in [6.07, 6.45) is 1.99. The van der Waals surface area contributed by atoms with Gasteiger partial charge in [0.15, 0.2) is 0 Å². The van der Waals surface area contributed by atoms with Crippen molar-refractivity contribution in [2.24, 2.45) is 5.73 Å². The first-order valence-corrected chi connectivity index (χ1v) is 6.91. The van der Waals surface area contributed by atoms with Gasteiger partial charge in [-0.1, -0.05) is 30.3 Å². The number of carbonyl (C=O) groups excluding carboxylic acids is 1. The van der Waals surface area contributed by atoms with Crippen LogP contribution in [0.2, 0.25) is 0 Å². The Morgan fingerprint density at radius 2 is 1.95 bits per heavy atom. The highest BCUT2D eigenvalue weighted by molar-refractivity contribution is 5.78. The first-order chi connectivity index (χ1) is 9.15. The topological polar surface area (TPSA) is 49.6 Å². The van der Waals surface area contributed by atoms with Crippen molar-refractivity contribution in [1.82, 2.24) is 9.80 Å². The Morgan fingerprint density at radius 3 is 2.58 bits per heavy atom. The first kappa shape index (κ1) is 14.0. The molecule has 1 aliphatic rings. The summed E-state index contributed by atoms with van der Waals surface area (Å²) in [5, 5.41) is 0. The molecule has 0 unspecified atom stereocenters. The third-order valence-electron chi connectivity index (χ3n) is 3.68. The Labute approximate surface area is 115 Å². The number of benzene rings is 1. The second-order valence-electron chi connectivity index (χ2n) is 5.35. The van der Waals surface area contributed by atoms with Gasteiger partial charge in [-0.15, -0.1) is 0 Å². The van der Waals surface area contributed by atoms with Crippen molar-refractivity contribution in [2.75, 3.05) is 26.7 Å². The fourth-order valence-electron chi connectivity index (χ4n) is 2.37. The molecule has 19 heavy (non-hydrogen) atoms. The molecule has 1 amide bonds. The highest BCUT2D eigenvalue weighted by Gasteiger charge is 2.19. The highest BCUT2D eigenvalue weighted by Crippen LogP contribution is 2.09. The molecular weight excluding hydrogens is 238 g/mol. The van der Waals surface area contributed by atoms with E-state index in [0.717, 1.165) is 25.9 Å². The smallest absolute Gasteiger partial charge is 0.236 e. The third-order valence-corrected chi connectivity index (χ3v) is 3.68. The van der Waals surface area contributed by atoms with Gasteiger partial charge in [0.25, 0.3) is 0 Å². The van der Waals surface area contributed by atoms with Crippen LogP contribution in [0.4, 0.5) is 0 Å². The van der Waals surface area contributed by atoms with Crippen LogP contribution >= 0.6 is 0 Å². The minimum Gasteiger partial charge on any atom is -0.340 e. The number of hydrogen-bond donors (Lipinski definition) is 1. The number of nitrogens with two attached hydrogens (primary N) is 1. The zero-order valence-electron chi connectivity index (χ0n) is 11.6. The molecule has 0 aliphatic carbocycles. The number of likely N-dealkylation sites (tertiary alicyclic amines) is 1. The third kappa shape index (κ3) is 4.33. The number of carbonyl (C=O) groups is 1. The summed E-state index contributed by atoms with van der Waals surface area (Å²) in [5.41, 5.74) is 7.03. The van der Waals surface area contributed by atoms with Gasteiger partial charge in [-0.2, -0.15) is 0 Å². The lowest BCUT2D eigenvalue weighted by molar-refractivity contribution is -0.131. The number of likely N-dealkylation sites (N-methyl/N-ethyl adjacent to an activating group) is 1. The fraction of sp³-hybridized carbons (Fsp3) is 0.533. The standard InChI is InChI=1S/C15H23N3O/c1-17(11-13-5-3-2-4-6-13)15(19)12-18-9-7-14(16)8-10-18/h2-6,14H,7-12,16H2,1H3. The molecular formula is C15H23N3O. The Balaban J connectivity index is 1.79. The predicted molar refractivity (Wildman–Crippen MR) is 76.6 cm³/mol. The number of nitrogens with zero attached hydrogens (tertiary/aromatic N) is 2. The van der Waals surface area contributed by atoms with Crippen molar-refractivity contribution in [2.45, 2.75) is 25.4 Å². The molecule has 1 aromatic carbocycles. The number of rotatable bonds is 4. The number of amides is 1. The van der Waals surface area contributed by atoms with E-state index in [9.17, 15) is 4.79 Å². The van der Waals surface area contributed by atoms with Gasteiger partial charge in [0.1, 0.15) is 0 Å². The lowest BCUT2D eigenvalue weighted by atomic mass is 10.1. The van der Waals surface area contributed by atoms with E-state index in [1.807, 2.05) is 37.4 Å². The molecule has 0 radical (unpaired) electrons. The molecule has 1 saturated heterocycles. The average Bonchev–Trinajstić information content (AvgIpc) is 2.42. The van der Waals surface area contributed by atoms with E-state index in [1.54, 1.807) is 4.90 Å². The van der Waals surface area contributed by atoms with Crippen molar-refractivity contribution in [1.29, 1.82) is 0 Å². The molecule has 2 N–H and O–H groups in total. The predicted octanol–water partition coefficient (Wildman–Crippen LogP) is 1.07. The van der Waals surface area contributed by atoms with Crippen molar-refractivity contribution in [3.8, 4) is 0 Å². The molecule has 0 aromatic heterocycles. The summed E-state index contributed by atoms with van der Waals surface area (Å²) in [7, 11) is 1.87. The minimum absolute atomic E-state index is 0.180. The zero-order chi connectivity index (χ0) is 13.7. The van der Waals surface area contributed by atoms with E-state index >= 15 is 0 Å². The zero-order valence-corrected chi connectivity index (χ0v) is 11.6. The molecule has 4 heteroatoms. The lowest BCUT2D eigenvalue weighted by Crippen LogP contribution is -2.44. The Bertz CT molecular complexity index is 399. The van der Waals surface area contributed by atoms with Gasteiger partial charge in [0.2, 0.25) is 5.91 Å². The molecule has 2 rings (SSSR count). The van der Waals surface area contributed by atoms with Crippen LogP contribution in [0.15, 0.2) is 30.3 Å². The summed E-state index contributed by atoms with van der Waals surface area (Å²) in [6.45, 7) is 3.06. The molecule has 0 atom stereocenters. The fourth-order valence-corrected chi connectivity index (χ4v) is 2.37. The van der Waals surface area contributed by atoms with Gasteiger partial charge in [-0.3, -0.25) is 9.69 Å². The molecule has 0 spiro atoms. The summed E-state index contributed by atoms with van der Waals surface area (Å²) in [5.74, 6) is 0.180. The Kier molecular flexibility index (Phi) is 4.93. The van der Waals surface area contributed by atoms with E-state index in [4.69, 9.17) is 5.73 Å². The monoisotopic (exact) mass is 261 g/mol. The molecule has 104 valence electrons. The van der Waals surface area contributed by atoms with Crippen molar-refractivity contribution >= 4 is 5.91 Å². The van der Waals surface area contributed by atoms with E-state index in [1.165, 1.54) is 5.56 Å². The SMILES string of the molecule is CN(Cc1ccccc1)C(=O)CN1CCC(N)CC1. The van der Waals surface area contributed by atoms with Gasteiger partial charge < -0.3 is 10.6 Å². The van der Waals surface area contributed by atoms with Crippen LogP contribution in [0.1, 0.15) is 18.4 Å². The molecule has 0 bridgehead atoms. The van der Waals surface area contributed by atoms with E-state index in [0.29, 0.717) is 19.1 Å². The number of piperidine rings is 1. The minimum atomic E-state index is 0.180. The lowest BCUT2D eigenvalue weighted by Gasteiger charge is -2.30. The van der Waals surface area contributed by atoms with Crippen LogP contribution in [-0.4, -0.2) is 48.4 Å². The Hall–Kier alpha value is -1.39. The summed E-state index contributed by atoms with van der Waals surface area (Å²) in [6, 6.07) is 10.4. The summed E-state index contributed by atoms with van der Waals surface area (Å²) >= 11 is 0. The quantitative estimate of drug-likeness (QED) is 0.882. The summed E-state index contributed by atoms with van der Waals surface area (Å²) in [4.78, 5) is 16.1. The maximum Gasteiger partial charge on any atom is 0.236 e. The van der Waals surface area contributed by atoms with Crippen LogP contribution in [0, 0.1) is 0 Å². The average molecular weight is 261 g/mol. The van der Waals surface area contributed by atoms with E-state index in [2.05, 4.69) is 4.90 Å². The first-order valence-electron chi connectivity index (χ1n) is 6.91. The molecule has 1 aliphatic heterocycles. The van der Waals surface area contributed by atoms with Gasteiger partial charge in [0, 0.05) is 32.7 Å². The van der Waals surface area contributed by atoms with Crippen LogP contribution in [0.25, 0.3) is 0 Å². The van der Waals surface area contributed by atoms with Gasteiger partial charge in [0.05, 0.1) is 6.54 Å². The second kappa shape index (κ2) is 6.68. The van der Waals surface area contributed by atoms with Crippen LogP contribution < -0.4 is 5.73 Å². The molecule has 1 fully saturated rings. The largest absolute Gasteiger partial charge is 0.340 e. The molecule has 4 nitrogen and oxygen atoms in total. The second-order valence-corrected chi connectivity index (χ2v) is 5.35. The molecule has 0 saturated carbocycles. The number of hydrogen-bond acceptors (Lipinski definition) is 3. The van der Waals surface area contributed by atoms with E-state index < -0.39 is 0 Å².